The van der Waals surface area contributed by atoms with Crippen molar-refractivity contribution in [2.24, 2.45) is 5.16 Å². The van der Waals surface area contributed by atoms with Crippen LogP contribution in [0.5, 0.6) is 0 Å². The zero-order chi connectivity index (χ0) is 11.3. The maximum Gasteiger partial charge on any atom is 0.114 e. The number of nitrogens with zero attached hydrogens (tertiary/aromatic N) is 2. The van der Waals surface area contributed by atoms with E-state index in [9.17, 15) is 0 Å². The summed E-state index contributed by atoms with van der Waals surface area (Å²) in [6.45, 7) is 8.97. The summed E-state index contributed by atoms with van der Waals surface area (Å²) in [6, 6.07) is 4.02. The van der Waals surface area contributed by atoms with Crippen LogP contribution < -0.4 is 0 Å². The molecule has 0 spiro atoms. The van der Waals surface area contributed by atoms with E-state index >= 15 is 0 Å². The van der Waals surface area contributed by atoms with Crippen LogP contribution in [0.1, 0.15) is 39.0 Å². The molecule has 0 aliphatic heterocycles. The fourth-order valence-corrected chi connectivity index (χ4v) is 1.09. The van der Waals surface area contributed by atoms with Gasteiger partial charge in [0.05, 0.1) is 11.9 Å². The molecule has 3 nitrogen and oxygen atoms in total. The van der Waals surface area contributed by atoms with E-state index in [1.807, 2.05) is 19.2 Å². The highest BCUT2D eigenvalue weighted by Crippen LogP contribution is 2.20. The van der Waals surface area contributed by atoms with E-state index in [-0.39, 0.29) is 5.41 Å². The van der Waals surface area contributed by atoms with Crippen molar-refractivity contribution in [3.63, 3.8) is 0 Å². The fourth-order valence-electron chi connectivity index (χ4n) is 1.09. The van der Waals surface area contributed by atoms with Crippen LogP contribution in [-0.4, -0.2) is 17.8 Å². The molecule has 0 aromatic carbocycles. The van der Waals surface area contributed by atoms with E-state index in [2.05, 4.69) is 37.0 Å². The molecule has 0 amide bonds. The van der Waals surface area contributed by atoms with Crippen LogP contribution in [0.15, 0.2) is 23.5 Å². The highest BCUT2D eigenvalue weighted by Gasteiger charge is 2.13. The molecule has 0 atom stereocenters. The van der Waals surface area contributed by atoms with Crippen molar-refractivity contribution in [2.75, 3.05) is 6.61 Å². The van der Waals surface area contributed by atoms with Gasteiger partial charge < -0.3 is 4.84 Å². The van der Waals surface area contributed by atoms with Crippen LogP contribution in [0.25, 0.3) is 0 Å². The number of aromatic nitrogens is 1. The van der Waals surface area contributed by atoms with Gasteiger partial charge >= 0.3 is 0 Å². The first-order chi connectivity index (χ1) is 7.04. The first-order valence-electron chi connectivity index (χ1n) is 5.16. The number of hydrogen-bond acceptors (Lipinski definition) is 3. The molecule has 0 saturated carbocycles. The largest absolute Gasteiger partial charge is 0.396 e. The van der Waals surface area contributed by atoms with Gasteiger partial charge in [-0.1, -0.05) is 32.0 Å². The van der Waals surface area contributed by atoms with Crippen LogP contribution >= 0.6 is 0 Å². The molecule has 1 aromatic heterocycles. The third-order valence-electron chi connectivity index (χ3n) is 2.04. The third kappa shape index (κ3) is 3.70. The molecule has 1 aromatic rings. The lowest BCUT2D eigenvalue weighted by atomic mass is 9.88. The zero-order valence-electron chi connectivity index (χ0n) is 9.82. The molecular formula is C12H18N2O. The molecule has 0 radical (unpaired) electrons. The van der Waals surface area contributed by atoms with E-state index in [1.54, 1.807) is 6.21 Å². The summed E-state index contributed by atoms with van der Waals surface area (Å²) in [5, 5.41) is 3.76. The van der Waals surface area contributed by atoms with Crippen molar-refractivity contribution in [1.82, 2.24) is 4.98 Å². The molecule has 0 unspecified atom stereocenters. The fraction of sp³-hybridized carbons (Fsp3) is 0.500. The molecule has 0 saturated heterocycles. The molecule has 0 bridgehead atoms. The van der Waals surface area contributed by atoms with Crippen molar-refractivity contribution < 1.29 is 4.84 Å². The van der Waals surface area contributed by atoms with Crippen molar-refractivity contribution in [3.05, 3.63) is 29.6 Å². The van der Waals surface area contributed by atoms with Crippen LogP contribution in [0.2, 0.25) is 0 Å². The first kappa shape index (κ1) is 11.7. The maximum absolute atomic E-state index is 4.86. The van der Waals surface area contributed by atoms with Crippen LogP contribution in [0, 0.1) is 0 Å². The Labute approximate surface area is 91.2 Å². The molecular weight excluding hydrogens is 188 g/mol. The second-order valence-corrected chi connectivity index (χ2v) is 4.37. The minimum atomic E-state index is 0.141. The highest BCUT2D eigenvalue weighted by atomic mass is 16.6. The molecule has 0 fully saturated rings. The van der Waals surface area contributed by atoms with Gasteiger partial charge in [0.15, 0.2) is 0 Å². The third-order valence-corrected chi connectivity index (χ3v) is 2.04. The predicted molar refractivity (Wildman–Crippen MR) is 62.2 cm³/mol. The Kier molecular flexibility index (Phi) is 3.83. The molecule has 1 heterocycles. The highest BCUT2D eigenvalue weighted by molar-refractivity contribution is 5.76. The molecule has 3 heteroatoms. The van der Waals surface area contributed by atoms with Crippen LogP contribution in [0.4, 0.5) is 0 Å². The van der Waals surface area contributed by atoms with Gasteiger partial charge in [-0.15, -0.1) is 0 Å². The first-order valence-corrected chi connectivity index (χ1v) is 5.16. The number of hydrogen-bond donors (Lipinski definition) is 0. The molecule has 1 rings (SSSR count). The average molecular weight is 206 g/mol. The van der Waals surface area contributed by atoms with Gasteiger partial charge in [0.25, 0.3) is 0 Å². The summed E-state index contributed by atoms with van der Waals surface area (Å²) in [6.07, 6.45) is 3.50. The minimum absolute atomic E-state index is 0.141. The maximum atomic E-state index is 4.86. The van der Waals surface area contributed by atoms with Crippen LogP contribution in [-0.2, 0) is 10.3 Å². The summed E-state index contributed by atoms with van der Waals surface area (Å²) >= 11 is 0. The molecule has 0 aliphatic carbocycles. The molecule has 15 heavy (non-hydrogen) atoms. The number of pyridine rings is 1. The zero-order valence-corrected chi connectivity index (χ0v) is 9.82. The van der Waals surface area contributed by atoms with E-state index < -0.39 is 0 Å². The summed E-state index contributed by atoms with van der Waals surface area (Å²) in [7, 11) is 0. The standard InChI is InChI=1S/C12H18N2O/c1-5-15-14-9-11-7-6-10(8-13-11)12(2,3)4/h6-9H,5H2,1-4H3/b14-9+. The van der Waals surface area contributed by atoms with E-state index in [4.69, 9.17) is 4.84 Å². The Balaban J connectivity index is 2.73. The van der Waals surface area contributed by atoms with E-state index in [0.29, 0.717) is 6.61 Å². The monoisotopic (exact) mass is 206 g/mol. The Morgan fingerprint density at radius 1 is 1.40 bits per heavy atom. The van der Waals surface area contributed by atoms with E-state index in [1.165, 1.54) is 5.56 Å². The average Bonchev–Trinajstić information content (AvgIpc) is 2.18. The second-order valence-electron chi connectivity index (χ2n) is 4.37. The molecule has 82 valence electrons. The van der Waals surface area contributed by atoms with Crippen LogP contribution in [0.3, 0.4) is 0 Å². The molecule has 0 N–H and O–H groups in total. The summed E-state index contributed by atoms with van der Waals surface area (Å²) in [5.41, 5.74) is 2.18. The number of rotatable bonds is 3. The lowest BCUT2D eigenvalue weighted by Gasteiger charge is -2.17. The van der Waals surface area contributed by atoms with Gasteiger partial charge in [-0.3, -0.25) is 4.98 Å². The smallest absolute Gasteiger partial charge is 0.114 e. The Hall–Kier alpha value is -1.38. The second kappa shape index (κ2) is 4.91. The normalized spacial score (nSPS) is 12.0. The summed E-state index contributed by atoms with van der Waals surface area (Å²) in [4.78, 5) is 9.15. The van der Waals surface area contributed by atoms with Crippen molar-refractivity contribution in [2.45, 2.75) is 33.1 Å². The Bertz CT molecular complexity index is 322. The predicted octanol–water partition coefficient (Wildman–Crippen LogP) is 2.75. The Morgan fingerprint density at radius 3 is 2.60 bits per heavy atom. The van der Waals surface area contributed by atoms with Gasteiger partial charge in [-0.25, -0.2) is 0 Å². The van der Waals surface area contributed by atoms with Gasteiger partial charge in [0.1, 0.15) is 6.61 Å². The lowest BCUT2D eigenvalue weighted by Crippen LogP contribution is -2.11. The minimum Gasteiger partial charge on any atom is -0.396 e. The summed E-state index contributed by atoms with van der Waals surface area (Å²) in [5.74, 6) is 0. The van der Waals surface area contributed by atoms with Gasteiger partial charge in [-0.2, -0.15) is 0 Å². The van der Waals surface area contributed by atoms with Gasteiger partial charge in [-0.05, 0) is 24.0 Å². The lowest BCUT2D eigenvalue weighted by molar-refractivity contribution is 0.160. The molecule has 0 aliphatic rings. The van der Waals surface area contributed by atoms with E-state index in [0.717, 1.165) is 5.69 Å². The van der Waals surface area contributed by atoms with Crippen molar-refractivity contribution in [3.8, 4) is 0 Å². The SMILES string of the molecule is CCO/N=C/c1ccc(C(C)(C)C)cn1. The van der Waals surface area contributed by atoms with Gasteiger partial charge in [0, 0.05) is 6.20 Å². The summed E-state index contributed by atoms with van der Waals surface area (Å²) < 4.78 is 0. The number of oxime groups is 1. The van der Waals surface area contributed by atoms with Crippen molar-refractivity contribution in [1.29, 1.82) is 0 Å². The quantitative estimate of drug-likeness (QED) is 0.563. The Morgan fingerprint density at radius 2 is 2.13 bits per heavy atom. The van der Waals surface area contributed by atoms with Crippen molar-refractivity contribution >= 4 is 6.21 Å². The topological polar surface area (TPSA) is 34.5 Å². The van der Waals surface area contributed by atoms with Gasteiger partial charge in [0.2, 0.25) is 0 Å².